The van der Waals surface area contributed by atoms with Gasteiger partial charge < -0.3 is 5.11 Å². The van der Waals surface area contributed by atoms with E-state index in [-0.39, 0.29) is 17.1 Å². The van der Waals surface area contributed by atoms with Crippen LogP contribution in [0, 0.1) is 0 Å². The summed E-state index contributed by atoms with van der Waals surface area (Å²) in [5.74, 6) is 0.433. The van der Waals surface area contributed by atoms with Crippen molar-refractivity contribution in [3.63, 3.8) is 0 Å². The SMILES string of the molecule is CC(C)c1cc(O)cc2c(=O)c3ccccc3sc12. The Bertz CT molecular complexity index is 831. The van der Waals surface area contributed by atoms with Crippen molar-refractivity contribution in [1.29, 1.82) is 0 Å². The average molecular weight is 270 g/mol. The van der Waals surface area contributed by atoms with Crippen LogP contribution in [0.1, 0.15) is 25.3 Å². The number of rotatable bonds is 1. The largest absolute Gasteiger partial charge is 0.508 e. The summed E-state index contributed by atoms with van der Waals surface area (Å²) in [6.07, 6.45) is 0. The Kier molecular flexibility index (Phi) is 2.79. The quantitative estimate of drug-likeness (QED) is 0.671. The van der Waals surface area contributed by atoms with E-state index in [1.807, 2.05) is 24.3 Å². The van der Waals surface area contributed by atoms with E-state index >= 15 is 0 Å². The molecular weight excluding hydrogens is 256 g/mol. The van der Waals surface area contributed by atoms with Crippen molar-refractivity contribution in [3.8, 4) is 5.75 Å². The first kappa shape index (κ1) is 12.2. The molecule has 1 N–H and O–H groups in total. The second-order valence-electron chi connectivity index (χ2n) is 4.99. The summed E-state index contributed by atoms with van der Waals surface area (Å²) in [5, 5.41) is 11.2. The molecule has 0 aliphatic carbocycles. The number of phenolic OH excluding ortho intramolecular Hbond substituents is 1. The maximum absolute atomic E-state index is 12.5. The molecule has 0 aliphatic rings. The summed E-state index contributed by atoms with van der Waals surface area (Å²) in [7, 11) is 0. The van der Waals surface area contributed by atoms with Crippen LogP contribution >= 0.6 is 11.3 Å². The average Bonchev–Trinajstić information content (AvgIpc) is 2.39. The van der Waals surface area contributed by atoms with E-state index in [4.69, 9.17) is 0 Å². The molecule has 1 heterocycles. The van der Waals surface area contributed by atoms with Gasteiger partial charge in [-0.3, -0.25) is 4.79 Å². The first-order chi connectivity index (χ1) is 9.08. The fourth-order valence-corrected chi connectivity index (χ4v) is 3.66. The predicted molar refractivity (Wildman–Crippen MR) is 81.4 cm³/mol. The van der Waals surface area contributed by atoms with Crippen molar-refractivity contribution in [1.82, 2.24) is 0 Å². The molecule has 2 nitrogen and oxygen atoms in total. The number of hydrogen-bond donors (Lipinski definition) is 1. The number of benzene rings is 2. The topological polar surface area (TPSA) is 37.3 Å². The number of fused-ring (bicyclic) bond motifs is 2. The highest BCUT2D eigenvalue weighted by Gasteiger charge is 2.12. The lowest BCUT2D eigenvalue weighted by Gasteiger charge is -2.10. The second kappa shape index (κ2) is 4.35. The normalized spacial score (nSPS) is 11.5. The Labute approximate surface area is 114 Å². The molecule has 0 atom stereocenters. The van der Waals surface area contributed by atoms with E-state index in [0.29, 0.717) is 5.39 Å². The third kappa shape index (κ3) is 1.90. The fraction of sp³-hybridized carbons (Fsp3) is 0.188. The minimum Gasteiger partial charge on any atom is -0.508 e. The summed E-state index contributed by atoms with van der Waals surface area (Å²) < 4.78 is 1.98. The molecule has 19 heavy (non-hydrogen) atoms. The zero-order valence-electron chi connectivity index (χ0n) is 10.8. The van der Waals surface area contributed by atoms with Crippen LogP contribution in [0.25, 0.3) is 20.2 Å². The van der Waals surface area contributed by atoms with Crippen LogP contribution in [0.3, 0.4) is 0 Å². The van der Waals surface area contributed by atoms with Crippen molar-refractivity contribution < 1.29 is 5.11 Å². The van der Waals surface area contributed by atoms with Crippen LogP contribution in [0.15, 0.2) is 41.2 Å². The van der Waals surface area contributed by atoms with Crippen molar-refractivity contribution in [2.24, 2.45) is 0 Å². The van der Waals surface area contributed by atoms with E-state index in [9.17, 15) is 9.90 Å². The van der Waals surface area contributed by atoms with Crippen LogP contribution in [-0.4, -0.2) is 5.11 Å². The van der Waals surface area contributed by atoms with Crippen molar-refractivity contribution in [2.45, 2.75) is 19.8 Å². The molecule has 0 radical (unpaired) electrons. The van der Waals surface area contributed by atoms with Gasteiger partial charge in [0.1, 0.15) is 5.75 Å². The van der Waals surface area contributed by atoms with E-state index in [2.05, 4.69) is 13.8 Å². The number of aromatic hydroxyl groups is 1. The van der Waals surface area contributed by atoms with Gasteiger partial charge >= 0.3 is 0 Å². The van der Waals surface area contributed by atoms with Crippen molar-refractivity contribution >= 4 is 31.5 Å². The number of hydrogen-bond acceptors (Lipinski definition) is 3. The van der Waals surface area contributed by atoms with Gasteiger partial charge in [-0.15, -0.1) is 11.3 Å². The van der Waals surface area contributed by atoms with Crippen LogP contribution in [0.5, 0.6) is 5.75 Å². The van der Waals surface area contributed by atoms with Gasteiger partial charge in [0.2, 0.25) is 0 Å². The van der Waals surface area contributed by atoms with E-state index in [1.165, 1.54) is 0 Å². The van der Waals surface area contributed by atoms with E-state index < -0.39 is 0 Å². The van der Waals surface area contributed by atoms with Crippen LogP contribution < -0.4 is 5.43 Å². The Morgan fingerprint density at radius 1 is 1.11 bits per heavy atom. The molecule has 0 bridgehead atoms. The van der Waals surface area contributed by atoms with E-state index in [1.54, 1.807) is 23.5 Å². The molecule has 0 fully saturated rings. The molecule has 0 aliphatic heterocycles. The maximum Gasteiger partial charge on any atom is 0.196 e. The molecule has 3 aromatic rings. The highest BCUT2D eigenvalue weighted by molar-refractivity contribution is 7.24. The minimum atomic E-state index is 0.00199. The molecule has 96 valence electrons. The van der Waals surface area contributed by atoms with E-state index in [0.717, 1.165) is 20.3 Å². The molecule has 0 saturated carbocycles. The Morgan fingerprint density at radius 3 is 2.58 bits per heavy atom. The molecule has 3 heteroatoms. The monoisotopic (exact) mass is 270 g/mol. The lowest BCUT2D eigenvalue weighted by molar-refractivity contribution is 0.475. The third-order valence-electron chi connectivity index (χ3n) is 3.31. The van der Waals surface area contributed by atoms with Crippen LogP contribution in [0.4, 0.5) is 0 Å². The predicted octanol–water partition coefficient (Wildman–Crippen LogP) is 4.24. The highest BCUT2D eigenvalue weighted by atomic mass is 32.1. The summed E-state index contributed by atoms with van der Waals surface area (Å²) in [6, 6.07) is 11.0. The third-order valence-corrected chi connectivity index (χ3v) is 4.55. The highest BCUT2D eigenvalue weighted by Crippen LogP contribution is 2.33. The first-order valence-electron chi connectivity index (χ1n) is 6.26. The van der Waals surface area contributed by atoms with Gasteiger partial charge in [-0.2, -0.15) is 0 Å². The van der Waals surface area contributed by atoms with Gasteiger partial charge in [0, 0.05) is 20.2 Å². The smallest absolute Gasteiger partial charge is 0.196 e. The molecule has 0 amide bonds. The molecule has 0 spiro atoms. The second-order valence-corrected chi connectivity index (χ2v) is 6.05. The van der Waals surface area contributed by atoms with Gasteiger partial charge in [0.05, 0.1) is 0 Å². The lowest BCUT2D eigenvalue weighted by Crippen LogP contribution is -2.02. The van der Waals surface area contributed by atoms with Crippen LogP contribution in [-0.2, 0) is 0 Å². The zero-order valence-corrected chi connectivity index (χ0v) is 11.6. The molecular formula is C16H14O2S. The van der Waals surface area contributed by atoms with Crippen LogP contribution in [0.2, 0.25) is 0 Å². The Morgan fingerprint density at radius 2 is 1.84 bits per heavy atom. The van der Waals surface area contributed by atoms with Crippen molar-refractivity contribution in [2.75, 3.05) is 0 Å². The van der Waals surface area contributed by atoms with Gasteiger partial charge in [0.15, 0.2) is 5.43 Å². The fourth-order valence-electron chi connectivity index (χ4n) is 2.35. The standard InChI is InChI=1S/C16H14O2S/c1-9(2)12-7-10(17)8-13-15(18)11-5-3-4-6-14(11)19-16(12)13/h3-9,17H,1-2H3. The van der Waals surface area contributed by atoms with Crippen molar-refractivity contribution in [3.05, 3.63) is 52.2 Å². The molecule has 3 rings (SSSR count). The molecule has 1 aromatic heterocycles. The first-order valence-corrected chi connectivity index (χ1v) is 7.08. The summed E-state index contributed by atoms with van der Waals surface area (Å²) >= 11 is 1.62. The lowest BCUT2D eigenvalue weighted by atomic mass is 10.0. The Hall–Kier alpha value is -1.87. The number of phenols is 1. The molecule has 2 aromatic carbocycles. The summed E-state index contributed by atoms with van der Waals surface area (Å²) in [4.78, 5) is 12.5. The van der Waals surface area contributed by atoms with Gasteiger partial charge in [-0.1, -0.05) is 26.0 Å². The molecule has 0 unspecified atom stereocenters. The maximum atomic E-state index is 12.5. The summed E-state index contributed by atoms with van der Waals surface area (Å²) in [5.41, 5.74) is 1.03. The summed E-state index contributed by atoms with van der Waals surface area (Å²) in [6.45, 7) is 4.14. The van der Waals surface area contributed by atoms with Gasteiger partial charge in [0.25, 0.3) is 0 Å². The minimum absolute atomic E-state index is 0.00199. The zero-order chi connectivity index (χ0) is 13.6. The Balaban J connectivity index is 2.58. The van der Waals surface area contributed by atoms with Gasteiger partial charge in [-0.25, -0.2) is 0 Å². The van der Waals surface area contributed by atoms with Gasteiger partial charge in [-0.05, 0) is 35.7 Å². The molecule has 0 saturated heterocycles.